The maximum atomic E-state index is 12.0. The maximum absolute atomic E-state index is 12.0. The summed E-state index contributed by atoms with van der Waals surface area (Å²) in [7, 11) is 3.04. The lowest BCUT2D eigenvalue weighted by Crippen LogP contribution is -2.42. The van der Waals surface area contributed by atoms with Gasteiger partial charge in [0, 0.05) is 25.5 Å². The Morgan fingerprint density at radius 1 is 1.39 bits per heavy atom. The molecule has 1 aromatic heterocycles. The fourth-order valence-corrected chi connectivity index (χ4v) is 1.87. The summed E-state index contributed by atoms with van der Waals surface area (Å²) >= 11 is 5.81. The second-order valence-electron chi connectivity index (χ2n) is 3.92. The van der Waals surface area contributed by atoms with Crippen LogP contribution in [0.15, 0.2) is 12.1 Å². The number of rotatable bonds is 5. The molecule has 0 aliphatic heterocycles. The number of aromatic nitrogens is 1. The Hall–Kier alpha value is -1.17. The van der Waals surface area contributed by atoms with Gasteiger partial charge in [-0.15, -0.1) is 0 Å². The number of nitrogens with one attached hydrogen (secondary N) is 1. The van der Waals surface area contributed by atoms with Crippen molar-refractivity contribution in [1.29, 1.82) is 0 Å². The summed E-state index contributed by atoms with van der Waals surface area (Å²) in [6, 6.07) is 2.91. The number of pyridine rings is 1. The highest BCUT2D eigenvalue weighted by atomic mass is 35.5. The van der Waals surface area contributed by atoms with E-state index in [0.717, 1.165) is 0 Å². The molecule has 0 spiro atoms. The Morgan fingerprint density at radius 3 is 2.50 bits per heavy atom. The SMILES string of the molecule is COC(OC)C(C)NC(=O)c1cc(C)nc(Cl)c1. The molecule has 0 aliphatic carbocycles. The van der Waals surface area contributed by atoms with Crippen LogP contribution in [0.1, 0.15) is 23.0 Å². The number of methoxy groups -OCH3 is 2. The number of carbonyl (C=O) groups excluding carboxylic acids is 1. The van der Waals surface area contributed by atoms with Crippen molar-refractivity contribution >= 4 is 17.5 Å². The van der Waals surface area contributed by atoms with E-state index in [-0.39, 0.29) is 11.9 Å². The second kappa shape index (κ2) is 6.68. The van der Waals surface area contributed by atoms with Gasteiger partial charge in [0.15, 0.2) is 6.29 Å². The fourth-order valence-electron chi connectivity index (χ4n) is 1.62. The van der Waals surface area contributed by atoms with Crippen LogP contribution in [0.4, 0.5) is 0 Å². The van der Waals surface area contributed by atoms with E-state index >= 15 is 0 Å². The molecule has 0 aromatic carbocycles. The molecule has 0 saturated heterocycles. The minimum absolute atomic E-state index is 0.242. The third-order valence-corrected chi connectivity index (χ3v) is 2.61. The first-order valence-electron chi connectivity index (χ1n) is 5.48. The van der Waals surface area contributed by atoms with Crippen LogP contribution in [-0.2, 0) is 9.47 Å². The number of aryl methyl sites for hydroxylation is 1. The molecule has 0 radical (unpaired) electrons. The molecule has 6 heteroatoms. The third kappa shape index (κ3) is 3.94. The number of carbonyl (C=O) groups is 1. The van der Waals surface area contributed by atoms with Gasteiger partial charge >= 0.3 is 0 Å². The number of amides is 1. The standard InChI is InChI=1S/C12H17ClN2O3/c1-7-5-9(6-10(13)14-7)11(16)15-8(2)12(17-3)18-4/h5-6,8,12H,1-4H3,(H,15,16). The van der Waals surface area contributed by atoms with Crippen molar-refractivity contribution in [2.75, 3.05) is 14.2 Å². The number of ether oxygens (including phenoxy) is 2. The van der Waals surface area contributed by atoms with Gasteiger partial charge in [0.05, 0.1) is 6.04 Å². The first kappa shape index (κ1) is 14.9. The highest BCUT2D eigenvalue weighted by molar-refractivity contribution is 6.29. The van der Waals surface area contributed by atoms with E-state index in [2.05, 4.69) is 10.3 Å². The summed E-state index contributed by atoms with van der Waals surface area (Å²) < 4.78 is 10.1. The van der Waals surface area contributed by atoms with E-state index in [4.69, 9.17) is 21.1 Å². The number of hydrogen-bond donors (Lipinski definition) is 1. The molecular formula is C12H17ClN2O3. The minimum Gasteiger partial charge on any atom is -0.354 e. The number of halogens is 1. The number of hydrogen-bond acceptors (Lipinski definition) is 4. The average molecular weight is 273 g/mol. The summed E-state index contributed by atoms with van der Waals surface area (Å²) in [5, 5.41) is 3.07. The van der Waals surface area contributed by atoms with Crippen LogP contribution in [0.3, 0.4) is 0 Å². The molecule has 1 unspecified atom stereocenters. The van der Waals surface area contributed by atoms with Crippen molar-refractivity contribution in [3.8, 4) is 0 Å². The van der Waals surface area contributed by atoms with Crippen LogP contribution in [0.5, 0.6) is 0 Å². The third-order valence-electron chi connectivity index (χ3n) is 2.42. The largest absolute Gasteiger partial charge is 0.354 e. The molecule has 1 aromatic rings. The van der Waals surface area contributed by atoms with Crippen molar-refractivity contribution in [1.82, 2.24) is 10.3 Å². The van der Waals surface area contributed by atoms with Crippen molar-refractivity contribution in [3.63, 3.8) is 0 Å². The van der Waals surface area contributed by atoms with Crippen LogP contribution in [0.2, 0.25) is 5.15 Å². The van der Waals surface area contributed by atoms with E-state index in [0.29, 0.717) is 16.4 Å². The highest BCUT2D eigenvalue weighted by Crippen LogP contribution is 2.11. The number of nitrogens with zero attached hydrogens (tertiary/aromatic N) is 1. The van der Waals surface area contributed by atoms with E-state index in [9.17, 15) is 4.79 Å². The zero-order valence-electron chi connectivity index (χ0n) is 10.9. The van der Waals surface area contributed by atoms with Gasteiger partial charge in [0.25, 0.3) is 5.91 Å². The van der Waals surface area contributed by atoms with Gasteiger partial charge in [-0.1, -0.05) is 11.6 Å². The topological polar surface area (TPSA) is 60.5 Å². The molecule has 1 atom stereocenters. The smallest absolute Gasteiger partial charge is 0.251 e. The molecule has 1 heterocycles. The summed E-state index contributed by atoms with van der Waals surface area (Å²) in [5.41, 5.74) is 1.15. The molecule has 1 rings (SSSR count). The quantitative estimate of drug-likeness (QED) is 0.656. The van der Waals surface area contributed by atoms with Gasteiger partial charge in [0.2, 0.25) is 0 Å². The zero-order valence-corrected chi connectivity index (χ0v) is 11.6. The van der Waals surface area contributed by atoms with Gasteiger partial charge < -0.3 is 14.8 Å². The van der Waals surface area contributed by atoms with Crippen molar-refractivity contribution in [2.24, 2.45) is 0 Å². The van der Waals surface area contributed by atoms with Gasteiger partial charge in [-0.05, 0) is 26.0 Å². The maximum Gasteiger partial charge on any atom is 0.251 e. The Kier molecular flexibility index (Phi) is 5.53. The lowest BCUT2D eigenvalue weighted by molar-refractivity contribution is -0.117. The molecule has 0 aliphatic rings. The molecule has 5 nitrogen and oxygen atoms in total. The molecule has 0 bridgehead atoms. The van der Waals surface area contributed by atoms with Gasteiger partial charge in [-0.2, -0.15) is 0 Å². The lowest BCUT2D eigenvalue weighted by atomic mass is 10.2. The highest BCUT2D eigenvalue weighted by Gasteiger charge is 2.19. The average Bonchev–Trinajstić information content (AvgIpc) is 2.29. The predicted octanol–water partition coefficient (Wildman–Crippen LogP) is 1.78. The van der Waals surface area contributed by atoms with Gasteiger partial charge in [-0.25, -0.2) is 4.98 Å². The monoisotopic (exact) mass is 272 g/mol. The zero-order chi connectivity index (χ0) is 13.7. The fraction of sp³-hybridized carbons (Fsp3) is 0.500. The Labute approximate surface area is 111 Å². The van der Waals surface area contributed by atoms with E-state index < -0.39 is 6.29 Å². The first-order chi connectivity index (χ1) is 8.47. The minimum atomic E-state index is -0.493. The van der Waals surface area contributed by atoms with Crippen molar-refractivity contribution in [2.45, 2.75) is 26.2 Å². The van der Waals surface area contributed by atoms with E-state index in [1.807, 2.05) is 0 Å². The normalized spacial score (nSPS) is 12.6. The second-order valence-corrected chi connectivity index (χ2v) is 4.31. The molecular weight excluding hydrogens is 256 g/mol. The van der Waals surface area contributed by atoms with Crippen LogP contribution < -0.4 is 5.32 Å². The summed E-state index contributed by atoms with van der Waals surface area (Å²) in [6.07, 6.45) is -0.493. The van der Waals surface area contributed by atoms with E-state index in [1.165, 1.54) is 20.3 Å². The van der Waals surface area contributed by atoms with Gasteiger partial charge in [0.1, 0.15) is 5.15 Å². The van der Waals surface area contributed by atoms with E-state index in [1.54, 1.807) is 19.9 Å². The van der Waals surface area contributed by atoms with Crippen LogP contribution in [0.25, 0.3) is 0 Å². The summed E-state index contributed by atoms with van der Waals surface area (Å²) in [5.74, 6) is -0.242. The Bertz CT molecular complexity index is 402. The van der Waals surface area contributed by atoms with Crippen LogP contribution in [0, 0.1) is 6.92 Å². The molecule has 0 saturated carbocycles. The summed E-state index contributed by atoms with van der Waals surface area (Å²) in [6.45, 7) is 3.57. The lowest BCUT2D eigenvalue weighted by Gasteiger charge is -2.22. The molecule has 1 N–H and O–H groups in total. The summed E-state index contributed by atoms with van der Waals surface area (Å²) in [4.78, 5) is 16.0. The van der Waals surface area contributed by atoms with Crippen molar-refractivity contribution in [3.05, 3.63) is 28.5 Å². The van der Waals surface area contributed by atoms with Gasteiger partial charge in [-0.3, -0.25) is 4.79 Å². The first-order valence-corrected chi connectivity index (χ1v) is 5.86. The molecule has 100 valence electrons. The Morgan fingerprint density at radius 2 is 2.00 bits per heavy atom. The molecule has 0 fully saturated rings. The predicted molar refractivity (Wildman–Crippen MR) is 68.7 cm³/mol. The molecule has 18 heavy (non-hydrogen) atoms. The Balaban J connectivity index is 2.76. The van der Waals surface area contributed by atoms with Crippen molar-refractivity contribution < 1.29 is 14.3 Å². The van der Waals surface area contributed by atoms with Crippen LogP contribution >= 0.6 is 11.6 Å². The molecule has 1 amide bonds. The van der Waals surface area contributed by atoms with Crippen LogP contribution in [-0.4, -0.2) is 37.4 Å².